The molecule has 0 amide bonds. The summed E-state index contributed by atoms with van der Waals surface area (Å²) < 4.78 is 46.4. The lowest BCUT2D eigenvalue weighted by Gasteiger charge is -2.10. The largest absolute Gasteiger partial charge is 0.363 e. The Hall–Kier alpha value is -3.40. The number of hydrogen-bond acceptors (Lipinski definition) is 12. The maximum absolute atomic E-state index is 11.6. The van der Waals surface area contributed by atoms with E-state index in [9.17, 15) is 37.1 Å². The van der Waals surface area contributed by atoms with Crippen molar-refractivity contribution in [2.75, 3.05) is 36.2 Å². The Balaban J connectivity index is 2.20. The highest BCUT2D eigenvalue weighted by atomic mass is 32.2. The monoisotopic (exact) mass is 460 g/mol. The van der Waals surface area contributed by atoms with Gasteiger partial charge in [-0.05, 0) is 12.1 Å². The molecule has 0 fully saturated rings. The molecule has 0 radical (unpaired) electrons. The van der Waals surface area contributed by atoms with Crippen LogP contribution in [-0.4, -0.2) is 62.3 Å². The van der Waals surface area contributed by atoms with E-state index in [4.69, 9.17) is 0 Å². The van der Waals surface area contributed by atoms with Crippen LogP contribution in [0.2, 0.25) is 0 Å². The first-order chi connectivity index (χ1) is 13.8. The number of sulfone groups is 2. The van der Waals surface area contributed by atoms with Crippen LogP contribution < -0.4 is 10.6 Å². The Morgan fingerprint density at radius 1 is 0.767 bits per heavy atom. The van der Waals surface area contributed by atoms with Crippen LogP contribution in [0.4, 0.5) is 23.0 Å². The third-order valence-electron chi connectivity index (χ3n) is 3.56. The van der Waals surface area contributed by atoms with Gasteiger partial charge < -0.3 is 10.6 Å². The summed E-state index contributed by atoms with van der Waals surface area (Å²) in [5.74, 6) is -0.617. The molecule has 162 valence electrons. The van der Waals surface area contributed by atoms with Crippen LogP contribution in [0.25, 0.3) is 0 Å². The first-order valence-electron chi connectivity index (χ1n) is 7.99. The molecule has 14 nitrogen and oxygen atoms in total. The molecule has 0 atom stereocenters. The number of aromatic nitrogens is 2. The summed E-state index contributed by atoms with van der Waals surface area (Å²) in [5, 5.41) is 26.6. The van der Waals surface area contributed by atoms with Crippen molar-refractivity contribution in [3.05, 3.63) is 44.5 Å². The molecule has 0 spiro atoms. The van der Waals surface area contributed by atoms with Crippen molar-refractivity contribution < 1.29 is 26.7 Å². The molecule has 2 rings (SSSR count). The first kappa shape index (κ1) is 22.9. The van der Waals surface area contributed by atoms with Crippen molar-refractivity contribution in [2.24, 2.45) is 0 Å². The molecule has 0 aromatic carbocycles. The van der Waals surface area contributed by atoms with E-state index in [2.05, 4.69) is 20.6 Å². The fourth-order valence-electron chi connectivity index (χ4n) is 2.20. The van der Waals surface area contributed by atoms with E-state index in [0.717, 1.165) is 36.8 Å². The van der Waals surface area contributed by atoms with E-state index in [1.54, 1.807) is 0 Å². The lowest BCUT2D eigenvalue weighted by molar-refractivity contribution is -0.384. The minimum absolute atomic E-state index is 0.0804. The van der Waals surface area contributed by atoms with E-state index < -0.39 is 40.9 Å². The second-order valence-electron chi connectivity index (χ2n) is 5.95. The lowest BCUT2D eigenvalue weighted by Crippen LogP contribution is -2.18. The van der Waals surface area contributed by atoms with Crippen molar-refractivity contribution in [1.29, 1.82) is 0 Å². The lowest BCUT2D eigenvalue weighted by atomic mass is 10.3. The predicted molar refractivity (Wildman–Crippen MR) is 105 cm³/mol. The third-order valence-corrected chi connectivity index (χ3v) is 5.53. The quantitative estimate of drug-likeness (QED) is 0.300. The number of pyridine rings is 2. The molecule has 0 unspecified atom stereocenters. The molecule has 16 heteroatoms. The summed E-state index contributed by atoms with van der Waals surface area (Å²) in [4.78, 5) is 28.2. The number of hydrogen-bond donors (Lipinski definition) is 2. The highest BCUT2D eigenvalue weighted by Crippen LogP contribution is 2.25. The van der Waals surface area contributed by atoms with Crippen LogP contribution in [0.3, 0.4) is 0 Å². The molecule has 2 N–H and O–H groups in total. The van der Waals surface area contributed by atoms with Crippen LogP contribution in [-0.2, 0) is 19.7 Å². The van der Waals surface area contributed by atoms with Crippen LogP contribution in [0, 0.1) is 20.2 Å². The molecular formula is C14H16N6O8S2. The van der Waals surface area contributed by atoms with Crippen LogP contribution >= 0.6 is 0 Å². The van der Waals surface area contributed by atoms with Crippen molar-refractivity contribution in [2.45, 2.75) is 10.1 Å². The Labute approximate surface area is 170 Å². The van der Waals surface area contributed by atoms with Gasteiger partial charge in [0.2, 0.25) is 11.6 Å². The summed E-state index contributed by atoms with van der Waals surface area (Å²) in [6, 6.07) is 3.98. The minimum atomic E-state index is -3.71. The molecule has 0 aliphatic rings. The van der Waals surface area contributed by atoms with Gasteiger partial charge in [-0.1, -0.05) is 0 Å². The zero-order valence-electron chi connectivity index (χ0n) is 15.6. The highest BCUT2D eigenvalue weighted by Gasteiger charge is 2.21. The van der Waals surface area contributed by atoms with Gasteiger partial charge in [0.25, 0.3) is 0 Å². The summed E-state index contributed by atoms with van der Waals surface area (Å²) >= 11 is 0. The molecule has 0 saturated heterocycles. The summed E-state index contributed by atoms with van der Waals surface area (Å²) in [6.45, 7) is -0.161. The van der Waals surface area contributed by atoms with Crippen molar-refractivity contribution in [1.82, 2.24) is 9.97 Å². The zero-order valence-corrected chi connectivity index (χ0v) is 17.2. The SMILES string of the molecule is CS(=O)(=O)c1ccc([N+](=O)[O-])c(NCCNc2nc(S(C)(=O)=O)ccc2[N+](=O)[O-])n1. The molecule has 2 aromatic heterocycles. The van der Waals surface area contributed by atoms with E-state index in [0.29, 0.717) is 0 Å². The first-order valence-corrected chi connectivity index (χ1v) is 11.8. The van der Waals surface area contributed by atoms with Gasteiger partial charge in [0.05, 0.1) is 9.85 Å². The zero-order chi connectivity index (χ0) is 22.7. The smallest absolute Gasteiger partial charge is 0.311 e. The fraction of sp³-hybridized carbons (Fsp3) is 0.286. The van der Waals surface area contributed by atoms with Gasteiger partial charge in [-0.3, -0.25) is 20.2 Å². The van der Waals surface area contributed by atoms with Crippen LogP contribution in [0.1, 0.15) is 0 Å². The Bertz CT molecular complexity index is 1120. The molecule has 2 heterocycles. The maximum Gasteiger partial charge on any atom is 0.311 e. The maximum atomic E-state index is 11.6. The molecular weight excluding hydrogens is 444 g/mol. The molecule has 30 heavy (non-hydrogen) atoms. The second-order valence-corrected chi connectivity index (χ2v) is 9.87. The number of nitro groups is 2. The Morgan fingerprint density at radius 2 is 1.10 bits per heavy atom. The molecule has 0 saturated carbocycles. The van der Waals surface area contributed by atoms with Gasteiger partial charge in [0.1, 0.15) is 0 Å². The average Bonchev–Trinajstić information content (AvgIpc) is 2.63. The fourth-order valence-corrected chi connectivity index (χ4v) is 3.34. The molecule has 2 aromatic rings. The topological polar surface area (TPSA) is 204 Å². The van der Waals surface area contributed by atoms with Gasteiger partial charge in [-0.15, -0.1) is 0 Å². The predicted octanol–water partition coefficient (Wildman–Crippen LogP) is 0.624. The van der Waals surface area contributed by atoms with E-state index in [1.165, 1.54) is 0 Å². The van der Waals surface area contributed by atoms with Gasteiger partial charge in [-0.2, -0.15) is 0 Å². The standard InChI is InChI=1S/C14H16N6O8S2/c1-29(25,26)11-5-3-9(19(21)22)13(17-11)15-7-8-16-14-10(20(23)24)4-6-12(18-14)30(2,27)28/h3-6H,7-8H2,1-2H3,(H,15,17)(H,16,18). The van der Waals surface area contributed by atoms with Crippen molar-refractivity contribution in [3.63, 3.8) is 0 Å². The molecule has 0 bridgehead atoms. The number of nitrogens with zero attached hydrogens (tertiary/aromatic N) is 4. The van der Waals surface area contributed by atoms with E-state index in [1.807, 2.05) is 0 Å². The number of nitrogens with one attached hydrogen (secondary N) is 2. The Morgan fingerprint density at radius 3 is 1.37 bits per heavy atom. The van der Waals surface area contributed by atoms with E-state index >= 15 is 0 Å². The normalized spacial score (nSPS) is 11.7. The van der Waals surface area contributed by atoms with Crippen LogP contribution in [0.15, 0.2) is 34.3 Å². The summed E-state index contributed by atoms with van der Waals surface area (Å²) in [5.41, 5.74) is -0.934. The third kappa shape index (κ3) is 5.57. The van der Waals surface area contributed by atoms with Crippen molar-refractivity contribution >= 4 is 42.7 Å². The summed E-state index contributed by atoms with van der Waals surface area (Å²) in [6.07, 6.45) is 1.79. The highest BCUT2D eigenvalue weighted by molar-refractivity contribution is 7.90. The number of anilines is 2. The number of rotatable bonds is 9. The minimum Gasteiger partial charge on any atom is -0.363 e. The van der Waals surface area contributed by atoms with Gasteiger partial charge >= 0.3 is 11.4 Å². The molecule has 0 aliphatic carbocycles. The summed E-state index contributed by atoms with van der Waals surface area (Å²) in [7, 11) is -7.41. The second kappa shape index (κ2) is 8.54. The Kier molecular flexibility index (Phi) is 6.51. The average molecular weight is 460 g/mol. The van der Waals surface area contributed by atoms with Gasteiger partial charge in [0.15, 0.2) is 29.7 Å². The van der Waals surface area contributed by atoms with Gasteiger partial charge in [-0.25, -0.2) is 26.8 Å². The van der Waals surface area contributed by atoms with Crippen LogP contribution in [0.5, 0.6) is 0 Å². The van der Waals surface area contributed by atoms with Gasteiger partial charge in [0, 0.05) is 37.7 Å². The molecule has 0 aliphatic heterocycles. The van der Waals surface area contributed by atoms with E-state index in [-0.39, 0.29) is 34.8 Å². The van der Waals surface area contributed by atoms with Crippen molar-refractivity contribution in [3.8, 4) is 0 Å².